The molecular formula is C15H19N3O. The molecule has 1 aromatic carbocycles. The van der Waals surface area contributed by atoms with E-state index in [1.54, 1.807) is 11.9 Å². The van der Waals surface area contributed by atoms with Gasteiger partial charge in [-0.2, -0.15) is 0 Å². The molecule has 0 unspecified atom stereocenters. The fourth-order valence-electron chi connectivity index (χ4n) is 1.90. The monoisotopic (exact) mass is 257 g/mol. The highest BCUT2D eigenvalue weighted by Gasteiger charge is 2.11. The Bertz CT molecular complexity index is 574. The van der Waals surface area contributed by atoms with Crippen LogP contribution in [-0.2, 0) is 13.6 Å². The highest BCUT2D eigenvalue weighted by Crippen LogP contribution is 2.14. The van der Waals surface area contributed by atoms with Crippen molar-refractivity contribution in [1.29, 1.82) is 0 Å². The molecular weight excluding hydrogens is 238 g/mol. The summed E-state index contributed by atoms with van der Waals surface area (Å²) in [6, 6.07) is 11.6. The summed E-state index contributed by atoms with van der Waals surface area (Å²) in [4.78, 5) is 13.8. The molecule has 1 N–H and O–H groups in total. The standard InChI is InChI=1S/C15H19N3O/c1-12-7-4-5-9-14(12)16-15(19)18(3)11-13-8-6-10-17(13)2/h4-10H,11H2,1-3H3,(H,16,19). The summed E-state index contributed by atoms with van der Waals surface area (Å²) in [5.74, 6) is 0. The topological polar surface area (TPSA) is 37.3 Å². The van der Waals surface area contributed by atoms with Gasteiger partial charge in [0.05, 0.1) is 6.54 Å². The van der Waals surface area contributed by atoms with Crippen LogP contribution in [0.15, 0.2) is 42.6 Å². The minimum atomic E-state index is -0.101. The van der Waals surface area contributed by atoms with Crippen LogP contribution in [0.4, 0.5) is 10.5 Å². The molecule has 100 valence electrons. The first-order valence-electron chi connectivity index (χ1n) is 6.26. The first-order valence-corrected chi connectivity index (χ1v) is 6.26. The highest BCUT2D eigenvalue weighted by molar-refractivity contribution is 5.89. The Morgan fingerprint density at radius 2 is 2.00 bits per heavy atom. The summed E-state index contributed by atoms with van der Waals surface area (Å²) in [7, 11) is 3.77. The zero-order valence-electron chi connectivity index (χ0n) is 11.6. The lowest BCUT2D eigenvalue weighted by Crippen LogP contribution is -2.31. The van der Waals surface area contributed by atoms with Crippen molar-refractivity contribution < 1.29 is 4.79 Å². The lowest BCUT2D eigenvalue weighted by atomic mass is 10.2. The van der Waals surface area contributed by atoms with Gasteiger partial charge in [0.2, 0.25) is 0 Å². The maximum absolute atomic E-state index is 12.1. The molecule has 2 aromatic rings. The molecule has 0 aliphatic rings. The quantitative estimate of drug-likeness (QED) is 0.901. The maximum Gasteiger partial charge on any atom is 0.321 e. The fourth-order valence-corrected chi connectivity index (χ4v) is 1.90. The minimum absolute atomic E-state index is 0.101. The highest BCUT2D eigenvalue weighted by atomic mass is 16.2. The van der Waals surface area contributed by atoms with Crippen LogP contribution in [0.25, 0.3) is 0 Å². The van der Waals surface area contributed by atoms with Crippen LogP contribution >= 0.6 is 0 Å². The zero-order valence-corrected chi connectivity index (χ0v) is 11.6. The number of aromatic nitrogens is 1. The molecule has 19 heavy (non-hydrogen) atoms. The summed E-state index contributed by atoms with van der Waals surface area (Å²) in [6.07, 6.45) is 1.97. The molecule has 1 heterocycles. The van der Waals surface area contributed by atoms with Crippen LogP contribution in [0.5, 0.6) is 0 Å². The third-order valence-corrected chi connectivity index (χ3v) is 3.18. The lowest BCUT2D eigenvalue weighted by Gasteiger charge is -2.19. The summed E-state index contributed by atoms with van der Waals surface area (Å²) < 4.78 is 2.01. The van der Waals surface area contributed by atoms with Crippen molar-refractivity contribution in [1.82, 2.24) is 9.47 Å². The Kier molecular flexibility index (Phi) is 3.90. The van der Waals surface area contributed by atoms with Gasteiger partial charge in [0.25, 0.3) is 0 Å². The molecule has 0 bridgehead atoms. The maximum atomic E-state index is 12.1. The molecule has 0 saturated heterocycles. The second-order valence-corrected chi connectivity index (χ2v) is 4.71. The first kappa shape index (κ1) is 13.2. The Hall–Kier alpha value is -2.23. The molecule has 0 aliphatic heterocycles. The molecule has 1 aromatic heterocycles. The van der Waals surface area contributed by atoms with Gasteiger partial charge in [-0.05, 0) is 30.7 Å². The van der Waals surface area contributed by atoms with Crippen LogP contribution < -0.4 is 5.32 Å². The molecule has 2 amide bonds. The minimum Gasteiger partial charge on any atom is -0.353 e. The van der Waals surface area contributed by atoms with Gasteiger partial charge in [-0.25, -0.2) is 4.79 Å². The smallest absolute Gasteiger partial charge is 0.321 e. The Morgan fingerprint density at radius 1 is 1.26 bits per heavy atom. The SMILES string of the molecule is Cc1ccccc1NC(=O)N(C)Cc1cccn1C. The van der Waals surface area contributed by atoms with Crippen LogP contribution in [0, 0.1) is 6.92 Å². The number of amides is 2. The average Bonchev–Trinajstić information content (AvgIpc) is 2.78. The third-order valence-electron chi connectivity index (χ3n) is 3.18. The summed E-state index contributed by atoms with van der Waals surface area (Å²) >= 11 is 0. The number of para-hydroxylation sites is 1. The molecule has 0 spiro atoms. The van der Waals surface area contributed by atoms with Gasteiger partial charge in [0, 0.05) is 31.7 Å². The fraction of sp³-hybridized carbons (Fsp3) is 0.267. The van der Waals surface area contributed by atoms with Gasteiger partial charge >= 0.3 is 6.03 Å². The van der Waals surface area contributed by atoms with Gasteiger partial charge < -0.3 is 14.8 Å². The van der Waals surface area contributed by atoms with E-state index >= 15 is 0 Å². The van der Waals surface area contributed by atoms with Gasteiger partial charge in [-0.15, -0.1) is 0 Å². The number of carbonyl (C=O) groups is 1. The number of rotatable bonds is 3. The normalized spacial score (nSPS) is 10.3. The van der Waals surface area contributed by atoms with E-state index in [4.69, 9.17) is 0 Å². The number of nitrogens with one attached hydrogen (secondary N) is 1. The molecule has 0 aliphatic carbocycles. The van der Waals surface area contributed by atoms with Gasteiger partial charge in [-0.1, -0.05) is 18.2 Å². The van der Waals surface area contributed by atoms with E-state index in [0.717, 1.165) is 16.9 Å². The van der Waals surface area contributed by atoms with E-state index in [-0.39, 0.29) is 6.03 Å². The van der Waals surface area contributed by atoms with Crippen molar-refractivity contribution in [3.8, 4) is 0 Å². The predicted molar refractivity (Wildman–Crippen MR) is 77.1 cm³/mol. The molecule has 0 atom stereocenters. The van der Waals surface area contributed by atoms with Gasteiger partial charge in [0.15, 0.2) is 0 Å². The van der Waals surface area contributed by atoms with Crippen molar-refractivity contribution in [2.24, 2.45) is 7.05 Å². The van der Waals surface area contributed by atoms with Crippen molar-refractivity contribution in [2.75, 3.05) is 12.4 Å². The number of hydrogen-bond acceptors (Lipinski definition) is 1. The molecule has 0 radical (unpaired) electrons. The van der Waals surface area contributed by atoms with Crippen LogP contribution in [0.3, 0.4) is 0 Å². The van der Waals surface area contributed by atoms with Gasteiger partial charge in [-0.3, -0.25) is 0 Å². The number of benzene rings is 1. The van der Waals surface area contributed by atoms with E-state index in [2.05, 4.69) is 5.32 Å². The first-order chi connectivity index (χ1) is 9.08. The molecule has 0 fully saturated rings. The number of aryl methyl sites for hydroxylation is 2. The molecule has 2 rings (SSSR count). The van der Waals surface area contributed by atoms with Crippen LogP contribution in [0.1, 0.15) is 11.3 Å². The third kappa shape index (κ3) is 3.16. The Balaban J connectivity index is 2.00. The van der Waals surface area contributed by atoms with Crippen molar-refractivity contribution in [2.45, 2.75) is 13.5 Å². The second-order valence-electron chi connectivity index (χ2n) is 4.71. The second kappa shape index (κ2) is 5.61. The van der Waals surface area contributed by atoms with Crippen LogP contribution in [0.2, 0.25) is 0 Å². The summed E-state index contributed by atoms with van der Waals surface area (Å²) in [6.45, 7) is 2.56. The number of hydrogen-bond donors (Lipinski definition) is 1. The van der Waals surface area contributed by atoms with E-state index in [1.807, 2.05) is 61.1 Å². The Labute approximate surface area is 113 Å². The lowest BCUT2D eigenvalue weighted by molar-refractivity contribution is 0.220. The van der Waals surface area contributed by atoms with E-state index in [9.17, 15) is 4.79 Å². The van der Waals surface area contributed by atoms with E-state index in [0.29, 0.717) is 6.54 Å². The summed E-state index contributed by atoms with van der Waals surface area (Å²) in [5.41, 5.74) is 3.01. The number of anilines is 1. The van der Waals surface area contributed by atoms with Crippen molar-refractivity contribution in [3.63, 3.8) is 0 Å². The van der Waals surface area contributed by atoms with Crippen molar-refractivity contribution in [3.05, 3.63) is 53.9 Å². The zero-order chi connectivity index (χ0) is 13.8. The summed E-state index contributed by atoms with van der Waals surface area (Å²) in [5, 5.41) is 2.92. The number of nitrogens with zero attached hydrogens (tertiary/aromatic N) is 2. The number of carbonyl (C=O) groups excluding carboxylic acids is 1. The predicted octanol–water partition coefficient (Wildman–Crippen LogP) is 3.00. The molecule has 4 nitrogen and oxygen atoms in total. The van der Waals surface area contributed by atoms with Gasteiger partial charge in [0.1, 0.15) is 0 Å². The van der Waals surface area contributed by atoms with E-state index < -0.39 is 0 Å². The molecule has 4 heteroatoms. The number of urea groups is 1. The van der Waals surface area contributed by atoms with Crippen molar-refractivity contribution >= 4 is 11.7 Å². The van der Waals surface area contributed by atoms with Crippen LogP contribution in [-0.4, -0.2) is 22.5 Å². The van der Waals surface area contributed by atoms with E-state index in [1.165, 1.54) is 0 Å². The largest absolute Gasteiger partial charge is 0.353 e. The average molecular weight is 257 g/mol. The Morgan fingerprint density at radius 3 is 2.63 bits per heavy atom. The molecule has 0 saturated carbocycles.